The molecule has 0 bridgehead atoms. The van der Waals surface area contributed by atoms with Crippen LogP contribution in [0.15, 0.2) is 18.7 Å². The maximum Gasteiger partial charge on any atom is 0.504 e. The molecule has 1 aromatic rings. The van der Waals surface area contributed by atoms with E-state index in [2.05, 4.69) is 0 Å². The molecule has 0 saturated carbocycles. The first kappa shape index (κ1) is 14.8. The lowest BCUT2D eigenvalue weighted by molar-refractivity contribution is -0.685. The second-order valence-electron chi connectivity index (χ2n) is 3.76. The van der Waals surface area contributed by atoms with Gasteiger partial charge in [0, 0.05) is 21.3 Å². The molecule has 0 atom stereocenters. The molecule has 0 saturated heterocycles. The second-order valence-corrected chi connectivity index (χ2v) is 6.85. The first-order valence-corrected chi connectivity index (χ1v) is 7.40. The molecule has 102 valence electrons. The maximum atomic E-state index is 10.6. The van der Waals surface area contributed by atoms with Crippen LogP contribution in [0.3, 0.4) is 0 Å². The number of aliphatic carboxylic acids is 1. The Hall–Kier alpha value is -1.22. The van der Waals surface area contributed by atoms with Crippen molar-refractivity contribution in [2.45, 2.75) is 19.1 Å². The number of hydrogen-bond acceptors (Lipinski definition) is 4. The van der Waals surface area contributed by atoms with Crippen LogP contribution >= 0.6 is 0 Å². The molecule has 0 aromatic carbocycles. The van der Waals surface area contributed by atoms with Gasteiger partial charge in [0.25, 0.3) is 0 Å². The summed E-state index contributed by atoms with van der Waals surface area (Å²) in [5, 5.41) is 8.67. The minimum atomic E-state index is -2.57. The summed E-state index contributed by atoms with van der Waals surface area (Å²) < 4.78 is 19.4. The number of carboxylic acids is 1. The van der Waals surface area contributed by atoms with Crippen molar-refractivity contribution in [2.75, 3.05) is 21.3 Å². The van der Waals surface area contributed by atoms with Gasteiger partial charge in [-0.05, 0) is 0 Å². The van der Waals surface area contributed by atoms with Gasteiger partial charge in [0.15, 0.2) is 6.54 Å². The molecule has 1 rings (SSSR count). The normalized spacial score (nSPS) is 11.7. The third kappa shape index (κ3) is 3.91. The predicted octanol–water partition coefficient (Wildman–Crippen LogP) is -0.262. The summed E-state index contributed by atoms with van der Waals surface area (Å²) in [4.78, 5) is 10.6. The van der Waals surface area contributed by atoms with Crippen molar-refractivity contribution in [3.05, 3.63) is 18.7 Å². The van der Waals surface area contributed by atoms with Crippen LogP contribution in [0.5, 0.6) is 0 Å². The van der Waals surface area contributed by atoms with Crippen LogP contribution in [0, 0.1) is 0 Å². The van der Waals surface area contributed by atoms with Gasteiger partial charge in [-0.15, -0.1) is 0 Å². The first-order valence-electron chi connectivity index (χ1n) is 5.47. The fourth-order valence-corrected chi connectivity index (χ4v) is 3.29. The number of carbonyl (C=O) groups is 1. The highest BCUT2D eigenvalue weighted by molar-refractivity contribution is 6.60. The zero-order valence-corrected chi connectivity index (χ0v) is 11.8. The summed E-state index contributed by atoms with van der Waals surface area (Å²) >= 11 is 0. The average molecular weight is 275 g/mol. The van der Waals surface area contributed by atoms with Crippen LogP contribution in [0.1, 0.15) is 0 Å². The summed E-state index contributed by atoms with van der Waals surface area (Å²) in [5.74, 6) is -0.868. The summed E-state index contributed by atoms with van der Waals surface area (Å²) in [6, 6.07) is 0.623. The zero-order valence-electron chi connectivity index (χ0n) is 10.8. The molecule has 0 unspecified atom stereocenters. The third-order valence-corrected chi connectivity index (χ3v) is 5.38. The topological polar surface area (TPSA) is 73.8 Å². The Balaban J connectivity index is 2.57. The molecular weight excluding hydrogens is 256 g/mol. The van der Waals surface area contributed by atoms with Gasteiger partial charge in [0.05, 0.1) is 12.6 Å². The van der Waals surface area contributed by atoms with E-state index in [0.717, 1.165) is 0 Å². The van der Waals surface area contributed by atoms with E-state index in [1.165, 1.54) is 0 Å². The number of nitrogens with zero attached hydrogens (tertiary/aromatic N) is 2. The van der Waals surface area contributed by atoms with E-state index in [1.807, 2.05) is 10.8 Å². The fraction of sp³-hybridized carbons (Fsp3) is 0.600. The number of aryl methyl sites for hydroxylation is 1. The van der Waals surface area contributed by atoms with E-state index in [9.17, 15) is 4.79 Å². The van der Waals surface area contributed by atoms with Gasteiger partial charge in [-0.1, -0.05) is 0 Å². The molecule has 0 spiro atoms. The van der Waals surface area contributed by atoms with Crippen LogP contribution in [0.2, 0.25) is 6.04 Å². The summed E-state index contributed by atoms with van der Waals surface area (Å²) in [7, 11) is 2.14. The second kappa shape index (κ2) is 6.64. The maximum absolute atomic E-state index is 10.6. The van der Waals surface area contributed by atoms with Crippen LogP contribution in [0.4, 0.5) is 0 Å². The van der Waals surface area contributed by atoms with Crippen molar-refractivity contribution < 1.29 is 27.7 Å². The van der Waals surface area contributed by atoms with E-state index in [-0.39, 0.29) is 6.54 Å². The Kier molecular flexibility index (Phi) is 5.47. The van der Waals surface area contributed by atoms with Crippen molar-refractivity contribution in [2.24, 2.45) is 0 Å². The van der Waals surface area contributed by atoms with Gasteiger partial charge >= 0.3 is 14.8 Å². The number of hydrogen-bond donors (Lipinski definition) is 1. The molecule has 18 heavy (non-hydrogen) atoms. The minimum Gasteiger partial charge on any atom is -0.478 e. The molecule has 7 nitrogen and oxygen atoms in total. The van der Waals surface area contributed by atoms with Crippen molar-refractivity contribution >= 4 is 14.8 Å². The molecule has 0 aliphatic rings. The lowest BCUT2D eigenvalue weighted by Gasteiger charge is -2.23. The van der Waals surface area contributed by atoms with Crippen LogP contribution in [-0.2, 0) is 31.2 Å². The molecule has 0 radical (unpaired) electrons. The molecule has 0 aliphatic heterocycles. The molecule has 8 heteroatoms. The summed E-state index contributed by atoms with van der Waals surface area (Å²) in [6.07, 6.45) is 5.25. The summed E-state index contributed by atoms with van der Waals surface area (Å²) in [6.45, 7) is 0.600. The summed E-state index contributed by atoms with van der Waals surface area (Å²) in [5.41, 5.74) is 0. The Morgan fingerprint density at radius 2 is 1.94 bits per heavy atom. The lowest BCUT2D eigenvalue weighted by atomic mass is 10.6. The van der Waals surface area contributed by atoms with Crippen molar-refractivity contribution in [3.8, 4) is 0 Å². The highest BCUT2D eigenvalue weighted by Crippen LogP contribution is 2.13. The van der Waals surface area contributed by atoms with E-state index in [4.69, 9.17) is 18.4 Å². The highest BCUT2D eigenvalue weighted by atomic mass is 28.4. The number of rotatable bonds is 8. The van der Waals surface area contributed by atoms with Gasteiger partial charge < -0.3 is 18.4 Å². The highest BCUT2D eigenvalue weighted by Gasteiger charge is 2.38. The Morgan fingerprint density at radius 3 is 2.44 bits per heavy atom. The van der Waals surface area contributed by atoms with E-state index in [1.54, 1.807) is 38.4 Å². The quantitative estimate of drug-likeness (QED) is 0.522. The number of imidazole rings is 1. The van der Waals surface area contributed by atoms with Gasteiger partial charge in [0.2, 0.25) is 6.33 Å². The molecular formula is C10H19N2O5Si+. The van der Waals surface area contributed by atoms with Crippen molar-refractivity contribution in [1.82, 2.24) is 4.57 Å². The van der Waals surface area contributed by atoms with Gasteiger partial charge in [0.1, 0.15) is 12.4 Å². The van der Waals surface area contributed by atoms with Gasteiger partial charge in [-0.25, -0.2) is 13.9 Å². The zero-order chi connectivity index (χ0) is 13.6. The van der Waals surface area contributed by atoms with Crippen LogP contribution < -0.4 is 4.57 Å². The van der Waals surface area contributed by atoms with Crippen molar-refractivity contribution in [1.29, 1.82) is 0 Å². The smallest absolute Gasteiger partial charge is 0.478 e. The number of carboxylic acid groups (broad SMARTS) is 1. The van der Waals surface area contributed by atoms with Gasteiger partial charge in [-0.3, -0.25) is 0 Å². The molecule has 1 N–H and O–H groups in total. The SMILES string of the molecule is CO[Si](CCn1cc[n+](CC(=O)O)c1)(OC)OC. The van der Waals surface area contributed by atoms with Gasteiger partial charge in [-0.2, -0.15) is 0 Å². The van der Waals surface area contributed by atoms with Crippen molar-refractivity contribution in [3.63, 3.8) is 0 Å². The average Bonchev–Trinajstić information content (AvgIpc) is 2.78. The minimum absolute atomic E-state index is 0.0472. The van der Waals surface area contributed by atoms with Crippen LogP contribution in [0.25, 0.3) is 0 Å². The monoisotopic (exact) mass is 275 g/mol. The van der Waals surface area contributed by atoms with E-state index < -0.39 is 14.8 Å². The van der Waals surface area contributed by atoms with E-state index >= 15 is 0 Å². The lowest BCUT2D eigenvalue weighted by Crippen LogP contribution is -2.43. The third-order valence-electron chi connectivity index (χ3n) is 2.67. The first-order chi connectivity index (χ1) is 8.55. The standard InChI is InChI=1S/C10H18N2O5Si/c1-15-18(16-2,17-3)7-6-11-4-5-12(9-11)8-10(13)14/h4-5,9H,6-8H2,1-3H3/p+1. The van der Waals surface area contributed by atoms with E-state index in [0.29, 0.717) is 12.6 Å². The Labute approximate surface area is 107 Å². The fourth-order valence-electron chi connectivity index (χ4n) is 1.64. The predicted molar refractivity (Wildman–Crippen MR) is 63.9 cm³/mol. The van der Waals surface area contributed by atoms with Crippen LogP contribution in [-0.4, -0.2) is 45.8 Å². The molecule has 0 amide bonds. The molecule has 0 aliphatic carbocycles. The molecule has 1 heterocycles. The Bertz CT molecular complexity index is 383. The number of aromatic nitrogens is 2. The molecule has 0 fully saturated rings. The molecule has 1 aromatic heterocycles. The Morgan fingerprint density at radius 1 is 1.33 bits per heavy atom. The largest absolute Gasteiger partial charge is 0.504 e.